The number of pyridine rings is 2. The van der Waals surface area contributed by atoms with Crippen molar-refractivity contribution in [2.45, 2.75) is 31.6 Å². The third-order valence-electron chi connectivity index (χ3n) is 7.93. The van der Waals surface area contributed by atoms with Gasteiger partial charge in [0.1, 0.15) is 17.2 Å². The van der Waals surface area contributed by atoms with Crippen molar-refractivity contribution in [3.05, 3.63) is 70.3 Å². The third-order valence-corrected chi connectivity index (χ3v) is 8.51. The fraction of sp³-hybridized carbons (Fsp3) is 0.345. The van der Waals surface area contributed by atoms with Crippen LogP contribution in [-0.2, 0) is 0 Å². The first-order chi connectivity index (χ1) is 19.2. The van der Waals surface area contributed by atoms with Crippen LogP contribution >= 0.6 is 23.2 Å². The number of aromatic nitrogens is 3. The molecule has 3 fully saturated rings. The first-order valence-electron chi connectivity index (χ1n) is 14.0. The Balaban J connectivity index is 1.05. The summed E-state index contributed by atoms with van der Waals surface area (Å²) < 4.78 is 33.4. The molecule has 37 heavy (non-hydrogen) atoms. The van der Waals surface area contributed by atoms with E-state index in [1.807, 2.05) is 18.2 Å². The number of hydrogen-bond donors (Lipinski definition) is 0. The molecule has 1 aliphatic heterocycles. The van der Waals surface area contributed by atoms with Crippen molar-refractivity contribution in [1.82, 2.24) is 15.1 Å². The lowest BCUT2D eigenvalue weighted by Crippen LogP contribution is -2.62. The average molecular weight is 536 g/mol. The van der Waals surface area contributed by atoms with Crippen LogP contribution in [-0.4, -0.2) is 35.3 Å². The largest absolute Gasteiger partial charge is 0.496 e. The summed E-state index contributed by atoms with van der Waals surface area (Å²) in [5, 5.41) is 5.98. The Kier molecular flexibility index (Phi) is 4.71. The zero-order valence-electron chi connectivity index (χ0n) is 23.0. The van der Waals surface area contributed by atoms with Gasteiger partial charge in [-0.2, -0.15) is 0 Å². The second-order valence-corrected chi connectivity index (χ2v) is 11.4. The summed E-state index contributed by atoms with van der Waals surface area (Å²) in [6.07, 6.45) is 13.6. The lowest BCUT2D eigenvalue weighted by atomic mass is 9.57. The highest BCUT2D eigenvalue weighted by Crippen LogP contribution is 2.54. The molecule has 6 nitrogen and oxygen atoms in total. The van der Waals surface area contributed by atoms with E-state index in [1.165, 1.54) is 0 Å². The average Bonchev–Trinajstić information content (AvgIpc) is 3.62. The van der Waals surface area contributed by atoms with E-state index in [0.717, 1.165) is 55.8 Å². The fourth-order valence-corrected chi connectivity index (χ4v) is 6.49. The van der Waals surface area contributed by atoms with E-state index >= 15 is 0 Å². The van der Waals surface area contributed by atoms with E-state index < -0.39 is 7.04 Å². The molecule has 0 unspecified atom stereocenters. The number of fused-ring (bicyclic) bond motifs is 1. The van der Waals surface area contributed by atoms with Gasteiger partial charge < -0.3 is 14.2 Å². The Hall–Kier alpha value is -3.09. The maximum Gasteiger partial charge on any atom is 0.147 e. The number of anilines is 1. The summed E-state index contributed by atoms with van der Waals surface area (Å²) in [6, 6.07) is 7.54. The lowest BCUT2D eigenvalue weighted by Gasteiger charge is -2.59. The fourth-order valence-electron chi connectivity index (χ4n) is 5.95. The van der Waals surface area contributed by atoms with Crippen LogP contribution in [0.4, 0.5) is 5.69 Å². The normalized spacial score (nSPS) is 20.5. The van der Waals surface area contributed by atoms with Gasteiger partial charge in [-0.15, -0.1) is 0 Å². The van der Waals surface area contributed by atoms with Crippen LogP contribution in [0, 0.1) is 11.3 Å². The highest BCUT2D eigenvalue weighted by Gasteiger charge is 2.51. The molecule has 188 valence electrons. The molecule has 2 saturated carbocycles. The Morgan fingerprint density at radius 1 is 1.16 bits per heavy atom. The maximum absolute atomic E-state index is 7.48. The zero-order chi connectivity index (χ0) is 27.6. The van der Waals surface area contributed by atoms with Crippen LogP contribution in [0.2, 0.25) is 10.0 Å². The highest BCUT2D eigenvalue weighted by atomic mass is 35.5. The van der Waals surface area contributed by atoms with E-state index in [2.05, 4.69) is 32.2 Å². The number of benzene rings is 1. The Morgan fingerprint density at radius 2 is 1.97 bits per heavy atom. The van der Waals surface area contributed by atoms with Gasteiger partial charge in [-0.1, -0.05) is 40.5 Å². The Bertz CT molecular complexity index is 1620. The van der Waals surface area contributed by atoms with Crippen molar-refractivity contribution >= 4 is 45.9 Å². The molecule has 0 radical (unpaired) electrons. The topological polar surface area (TPSA) is 64.3 Å². The molecular formula is C29H26Cl2N4O2. The zero-order valence-corrected chi connectivity index (χ0v) is 21.5. The lowest BCUT2D eigenvalue weighted by molar-refractivity contribution is 0.0486. The summed E-state index contributed by atoms with van der Waals surface area (Å²) in [7, 11) is -2.51. The molecule has 0 bridgehead atoms. The smallest absolute Gasteiger partial charge is 0.147 e. The van der Waals surface area contributed by atoms with Gasteiger partial charge in [-0.05, 0) is 55.9 Å². The minimum Gasteiger partial charge on any atom is -0.496 e. The molecule has 0 amide bonds. The van der Waals surface area contributed by atoms with Crippen LogP contribution in [0.25, 0.3) is 28.2 Å². The van der Waals surface area contributed by atoms with Crippen molar-refractivity contribution in [2.24, 2.45) is 11.3 Å². The van der Waals surface area contributed by atoms with Crippen molar-refractivity contribution in [3.63, 3.8) is 0 Å². The molecule has 3 aromatic heterocycles. The predicted molar refractivity (Wildman–Crippen MR) is 146 cm³/mol. The van der Waals surface area contributed by atoms with E-state index in [4.69, 9.17) is 36.6 Å². The van der Waals surface area contributed by atoms with Crippen molar-refractivity contribution < 1.29 is 13.4 Å². The molecular weight excluding hydrogens is 507 g/mol. The van der Waals surface area contributed by atoms with Gasteiger partial charge in [0.25, 0.3) is 0 Å². The number of methoxy groups -OCH3 is 1. The van der Waals surface area contributed by atoms with Crippen LogP contribution in [0.15, 0.2) is 53.5 Å². The Labute approximate surface area is 229 Å². The molecule has 3 aliphatic rings. The standard InChI is InChI=1S/C29H26Cl2N4O2/c1-36-25-8-9-33-24-7-5-19(10-21(24)25)35-15-29(16-35)11-17(12-29)2-6-20-27(34-37-28(20)18-3-4-18)26-22(30)13-32-14-23(26)31/h2,5-10,13-14,17-18H,3-4,11-12,15-16H2,1H3/b6-2+/i1D3. The number of hydrogen-bond acceptors (Lipinski definition) is 6. The molecule has 0 N–H and O–H groups in total. The first-order valence-corrected chi connectivity index (χ1v) is 13.2. The molecule has 7 rings (SSSR count). The van der Waals surface area contributed by atoms with Crippen molar-refractivity contribution in [3.8, 4) is 17.0 Å². The first kappa shape index (κ1) is 19.9. The number of allylic oxidation sites excluding steroid dienone is 1. The Morgan fingerprint density at radius 3 is 2.73 bits per heavy atom. The number of ether oxygens (including phenoxy) is 1. The summed E-state index contributed by atoms with van der Waals surface area (Å²) >= 11 is 12.9. The molecule has 2 aliphatic carbocycles. The highest BCUT2D eigenvalue weighted by molar-refractivity contribution is 6.39. The summed E-state index contributed by atoms with van der Waals surface area (Å²) in [4.78, 5) is 10.8. The van der Waals surface area contributed by atoms with Gasteiger partial charge >= 0.3 is 0 Å². The predicted octanol–water partition coefficient (Wildman–Crippen LogP) is 7.41. The molecule has 4 aromatic rings. The minimum absolute atomic E-state index is 0.297. The second kappa shape index (κ2) is 8.74. The second-order valence-electron chi connectivity index (χ2n) is 10.6. The third kappa shape index (κ3) is 3.98. The minimum atomic E-state index is -2.51. The number of rotatable bonds is 6. The van der Waals surface area contributed by atoms with Gasteiger partial charge in [0.05, 0.1) is 26.7 Å². The van der Waals surface area contributed by atoms with Crippen LogP contribution < -0.4 is 9.64 Å². The SMILES string of the molecule is [2H]C([2H])([2H])Oc1ccnc2ccc(N3CC4(CC(/C=C/c5c(-c6c(Cl)cncc6Cl)noc5C5CC5)C4)C3)cc12. The monoisotopic (exact) mass is 535 g/mol. The van der Waals surface area contributed by atoms with Crippen LogP contribution in [0.1, 0.15) is 47.0 Å². The van der Waals surface area contributed by atoms with Gasteiger partial charge in [0.2, 0.25) is 0 Å². The molecule has 4 heterocycles. The molecule has 1 saturated heterocycles. The van der Waals surface area contributed by atoms with Crippen LogP contribution in [0.3, 0.4) is 0 Å². The van der Waals surface area contributed by atoms with Gasteiger partial charge in [0, 0.05) is 65.2 Å². The van der Waals surface area contributed by atoms with E-state index in [9.17, 15) is 0 Å². The van der Waals surface area contributed by atoms with E-state index in [-0.39, 0.29) is 0 Å². The van der Waals surface area contributed by atoms with Crippen molar-refractivity contribution in [1.29, 1.82) is 0 Å². The summed E-state index contributed by atoms with van der Waals surface area (Å²) in [6.45, 7) is 1.93. The van der Waals surface area contributed by atoms with E-state index in [1.54, 1.807) is 24.7 Å². The summed E-state index contributed by atoms with van der Waals surface area (Å²) in [5.41, 5.74) is 4.36. The van der Waals surface area contributed by atoms with Crippen molar-refractivity contribution in [2.75, 3.05) is 25.0 Å². The quantitative estimate of drug-likeness (QED) is 0.256. The molecule has 1 spiro atoms. The number of halogens is 2. The molecule has 8 heteroatoms. The van der Waals surface area contributed by atoms with Gasteiger partial charge in [0.15, 0.2) is 0 Å². The molecule has 0 atom stereocenters. The number of nitrogens with zero attached hydrogens (tertiary/aromatic N) is 4. The maximum atomic E-state index is 7.48. The van der Waals surface area contributed by atoms with Gasteiger partial charge in [-0.25, -0.2) is 0 Å². The molecule has 1 aromatic carbocycles. The van der Waals surface area contributed by atoms with Crippen LogP contribution in [0.5, 0.6) is 5.75 Å². The summed E-state index contributed by atoms with van der Waals surface area (Å²) in [5.74, 6) is 2.10. The van der Waals surface area contributed by atoms with Gasteiger partial charge in [-0.3, -0.25) is 9.97 Å². The van der Waals surface area contributed by atoms with E-state index in [0.29, 0.717) is 55.2 Å².